The molecule has 0 saturated carbocycles. The molecular formula is C15H15Cl2NO. The lowest BCUT2D eigenvalue weighted by molar-refractivity contribution is 0.174. The van der Waals surface area contributed by atoms with E-state index in [0.717, 1.165) is 16.1 Å². The van der Waals surface area contributed by atoms with E-state index in [0.29, 0.717) is 18.1 Å². The van der Waals surface area contributed by atoms with E-state index >= 15 is 0 Å². The summed E-state index contributed by atoms with van der Waals surface area (Å²) in [5.41, 5.74) is 1.74. The largest absolute Gasteiger partial charge is 0.387 e. The van der Waals surface area contributed by atoms with Gasteiger partial charge in [0.2, 0.25) is 0 Å². The Kier molecular flexibility index (Phi) is 5.23. The van der Waals surface area contributed by atoms with Crippen molar-refractivity contribution >= 4 is 23.2 Å². The third-order valence-corrected chi connectivity index (χ3v) is 3.59. The highest BCUT2D eigenvalue weighted by Crippen LogP contribution is 2.22. The first-order chi connectivity index (χ1) is 9.18. The summed E-state index contributed by atoms with van der Waals surface area (Å²) in [7, 11) is 0. The van der Waals surface area contributed by atoms with E-state index in [-0.39, 0.29) is 0 Å². The summed E-state index contributed by atoms with van der Waals surface area (Å²) in [6, 6.07) is 14.9. The van der Waals surface area contributed by atoms with Crippen LogP contribution in [0, 0.1) is 0 Å². The zero-order valence-corrected chi connectivity index (χ0v) is 11.8. The zero-order chi connectivity index (χ0) is 13.7. The molecule has 0 aliphatic rings. The minimum absolute atomic E-state index is 0.426. The molecule has 0 heterocycles. The van der Waals surface area contributed by atoms with Crippen LogP contribution in [0.25, 0.3) is 0 Å². The number of hydrogen-bond acceptors (Lipinski definition) is 2. The quantitative estimate of drug-likeness (QED) is 0.879. The third-order valence-electron chi connectivity index (χ3n) is 2.88. The average Bonchev–Trinajstić information content (AvgIpc) is 2.41. The molecule has 4 heteroatoms. The van der Waals surface area contributed by atoms with Crippen molar-refractivity contribution in [1.29, 1.82) is 0 Å². The summed E-state index contributed by atoms with van der Waals surface area (Å²) in [5, 5.41) is 14.5. The van der Waals surface area contributed by atoms with Crippen LogP contribution in [-0.2, 0) is 6.54 Å². The van der Waals surface area contributed by atoms with Crippen molar-refractivity contribution in [2.45, 2.75) is 12.6 Å². The van der Waals surface area contributed by atoms with Crippen LogP contribution in [0.3, 0.4) is 0 Å². The smallest absolute Gasteiger partial charge is 0.0928 e. The Labute approximate surface area is 123 Å². The molecule has 1 atom stereocenters. The number of benzene rings is 2. The van der Waals surface area contributed by atoms with E-state index < -0.39 is 6.10 Å². The van der Waals surface area contributed by atoms with Crippen molar-refractivity contribution in [3.63, 3.8) is 0 Å². The summed E-state index contributed by atoms with van der Waals surface area (Å²) < 4.78 is 0. The van der Waals surface area contributed by atoms with Gasteiger partial charge < -0.3 is 10.4 Å². The van der Waals surface area contributed by atoms with Gasteiger partial charge in [0, 0.05) is 28.7 Å². The van der Waals surface area contributed by atoms with E-state index in [1.54, 1.807) is 6.07 Å². The Balaban J connectivity index is 1.90. The molecule has 0 saturated heterocycles. The van der Waals surface area contributed by atoms with Crippen LogP contribution in [0.2, 0.25) is 10.0 Å². The Morgan fingerprint density at radius 3 is 2.26 bits per heavy atom. The van der Waals surface area contributed by atoms with Crippen molar-refractivity contribution in [3.05, 3.63) is 69.7 Å². The zero-order valence-electron chi connectivity index (χ0n) is 10.3. The number of hydrogen-bond donors (Lipinski definition) is 2. The molecule has 19 heavy (non-hydrogen) atoms. The molecule has 0 bridgehead atoms. The molecular weight excluding hydrogens is 281 g/mol. The second-order valence-corrected chi connectivity index (χ2v) is 5.07. The number of rotatable bonds is 5. The maximum Gasteiger partial charge on any atom is 0.0928 e. The summed E-state index contributed by atoms with van der Waals surface area (Å²) >= 11 is 12.1. The maximum atomic E-state index is 10.1. The van der Waals surface area contributed by atoms with Crippen LogP contribution in [0.1, 0.15) is 17.2 Å². The van der Waals surface area contributed by atoms with Gasteiger partial charge in [-0.25, -0.2) is 0 Å². The first kappa shape index (κ1) is 14.4. The molecule has 2 N–H and O–H groups in total. The van der Waals surface area contributed by atoms with Gasteiger partial charge in [-0.05, 0) is 17.7 Å². The van der Waals surface area contributed by atoms with E-state index in [2.05, 4.69) is 5.32 Å². The molecule has 2 aromatic carbocycles. The van der Waals surface area contributed by atoms with Crippen molar-refractivity contribution in [3.8, 4) is 0 Å². The summed E-state index contributed by atoms with van der Waals surface area (Å²) in [6.45, 7) is 1.04. The second-order valence-electron chi connectivity index (χ2n) is 4.26. The fourth-order valence-electron chi connectivity index (χ4n) is 1.84. The molecule has 100 valence electrons. The van der Waals surface area contributed by atoms with Gasteiger partial charge in [-0.3, -0.25) is 0 Å². The monoisotopic (exact) mass is 295 g/mol. The van der Waals surface area contributed by atoms with Gasteiger partial charge in [0.05, 0.1) is 6.10 Å². The fraction of sp³-hybridized carbons (Fsp3) is 0.200. The Bertz CT molecular complexity index is 545. The molecule has 0 radical (unpaired) electrons. The number of aliphatic hydroxyl groups is 1. The normalized spacial score (nSPS) is 12.4. The van der Waals surface area contributed by atoms with Gasteiger partial charge in [0.15, 0.2) is 0 Å². The molecule has 2 nitrogen and oxygen atoms in total. The molecule has 0 amide bonds. The van der Waals surface area contributed by atoms with E-state index in [1.165, 1.54) is 0 Å². The van der Waals surface area contributed by atoms with Crippen LogP contribution >= 0.6 is 23.2 Å². The van der Waals surface area contributed by atoms with Gasteiger partial charge in [0.25, 0.3) is 0 Å². The topological polar surface area (TPSA) is 32.3 Å². The van der Waals surface area contributed by atoms with Crippen molar-refractivity contribution in [2.75, 3.05) is 6.54 Å². The molecule has 0 aromatic heterocycles. The van der Waals surface area contributed by atoms with Gasteiger partial charge in [-0.1, -0.05) is 59.6 Å². The number of nitrogens with one attached hydrogen (secondary N) is 1. The van der Waals surface area contributed by atoms with Crippen LogP contribution in [0.15, 0.2) is 48.5 Å². The molecule has 0 aliphatic heterocycles. The lowest BCUT2D eigenvalue weighted by Gasteiger charge is -2.14. The lowest BCUT2D eigenvalue weighted by atomic mass is 10.1. The fourth-order valence-corrected chi connectivity index (χ4v) is 2.30. The van der Waals surface area contributed by atoms with Crippen LogP contribution in [0.5, 0.6) is 0 Å². The van der Waals surface area contributed by atoms with Crippen LogP contribution in [0.4, 0.5) is 0 Å². The molecule has 0 spiro atoms. The maximum absolute atomic E-state index is 10.1. The molecule has 0 aliphatic carbocycles. The Morgan fingerprint density at radius 2 is 1.58 bits per heavy atom. The summed E-state index contributed by atoms with van der Waals surface area (Å²) in [5.74, 6) is 0. The Hall–Kier alpha value is -1.06. The molecule has 2 rings (SSSR count). The number of halogens is 2. The van der Waals surface area contributed by atoms with E-state index in [4.69, 9.17) is 23.2 Å². The standard InChI is InChI=1S/C15H15Cl2NO/c16-13-7-3-1-5-11(13)9-18-10-15(19)12-6-2-4-8-14(12)17/h1-8,15,18-19H,9-10H2. The predicted molar refractivity (Wildman–Crippen MR) is 79.6 cm³/mol. The van der Waals surface area contributed by atoms with Crippen molar-refractivity contribution in [2.24, 2.45) is 0 Å². The summed E-state index contributed by atoms with van der Waals surface area (Å²) in [6.07, 6.45) is -0.629. The Morgan fingerprint density at radius 1 is 0.947 bits per heavy atom. The minimum Gasteiger partial charge on any atom is -0.387 e. The summed E-state index contributed by atoms with van der Waals surface area (Å²) in [4.78, 5) is 0. The van der Waals surface area contributed by atoms with Crippen LogP contribution < -0.4 is 5.32 Å². The van der Waals surface area contributed by atoms with Gasteiger partial charge in [0.1, 0.15) is 0 Å². The van der Waals surface area contributed by atoms with Gasteiger partial charge >= 0.3 is 0 Å². The van der Waals surface area contributed by atoms with E-state index in [9.17, 15) is 5.11 Å². The molecule has 1 unspecified atom stereocenters. The highest BCUT2D eigenvalue weighted by atomic mass is 35.5. The highest BCUT2D eigenvalue weighted by Gasteiger charge is 2.10. The van der Waals surface area contributed by atoms with Gasteiger partial charge in [-0.2, -0.15) is 0 Å². The minimum atomic E-state index is -0.629. The molecule has 0 fully saturated rings. The first-order valence-corrected chi connectivity index (χ1v) is 6.80. The predicted octanol–water partition coefficient (Wildman–Crippen LogP) is 3.82. The average molecular weight is 296 g/mol. The van der Waals surface area contributed by atoms with E-state index in [1.807, 2.05) is 42.5 Å². The second kappa shape index (κ2) is 6.92. The number of aliphatic hydroxyl groups excluding tert-OH is 1. The van der Waals surface area contributed by atoms with Crippen LogP contribution in [-0.4, -0.2) is 11.7 Å². The molecule has 2 aromatic rings. The SMILES string of the molecule is OC(CNCc1ccccc1Cl)c1ccccc1Cl. The highest BCUT2D eigenvalue weighted by molar-refractivity contribution is 6.31. The van der Waals surface area contributed by atoms with Crippen molar-refractivity contribution < 1.29 is 5.11 Å². The third kappa shape index (κ3) is 3.95. The van der Waals surface area contributed by atoms with Gasteiger partial charge in [-0.15, -0.1) is 0 Å². The lowest BCUT2D eigenvalue weighted by Crippen LogP contribution is -2.21. The van der Waals surface area contributed by atoms with Crippen molar-refractivity contribution in [1.82, 2.24) is 5.32 Å². The first-order valence-electron chi connectivity index (χ1n) is 6.05.